The highest BCUT2D eigenvalue weighted by Gasteiger charge is 2.42. The molecule has 2 aliphatic rings. The number of piperidine rings is 1. The number of hydrogen-bond donors (Lipinski definition) is 2. The lowest BCUT2D eigenvalue weighted by atomic mass is 9.81. The average molecular weight is 249 g/mol. The van der Waals surface area contributed by atoms with Crippen molar-refractivity contribution >= 4 is 0 Å². The minimum absolute atomic E-state index is 0.212. The highest BCUT2D eigenvalue weighted by Crippen LogP contribution is 2.36. The van der Waals surface area contributed by atoms with Gasteiger partial charge in [-0.1, -0.05) is 6.07 Å². The van der Waals surface area contributed by atoms with E-state index in [2.05, 4.69) is 5.32 Å². The molecule has 98 valence electrons. The monoisotopic (exact) mass is 249 g/mol. The number of hydrogen-bond acceptors (Lipinski definition) is 2. The van der Waals surface area contributed by atoms with Gasteiger partial charge in [0, 0.05) is 18.5 Å². The number of halogens is 1. The van der Waals surface area contributed by atoms with Crippen LogP contribution in [0.2, 0.25) is 0 Å². The Bertz CT molecular complexity index is 448. The van der Waals surface area contributed by atoms with Gasteiger partial charge in [-0.25, -0.2) is 4.39 Å². The van der Waals surface area contributed by atoms with E-state index in [1.54, 1.807) is 12.1 Å². The van der Waals surface area contributed by atoms with E-state index in [0.29, 0.717) is 18.5 Å². The number of benzene rings is 1. The molecule has 0 amide bonds. The summed E-state index contributed by atoms with van der Waals surface area (Å²) in [5.41, 5.74) is 1.35. The van der Waals surface area contributed by atoms with Crippen LogP contribution in [0.25, 0.3) is 0 Å². The van der Waals surface area contributed by atoms with Crippen LogP contribution in [0.5, 0.6) is 0 Å². The third-order valence-electron chi connectivity index (χ3n) is 4.42. The lowest BCUT2D eigenvalue weighted by Gasteiger charge is -2.37. The van der Waals surface area contributed by atoms with Gasteiger partial charge in [0.25, 0.3) is 0 Å². The van der Waals surface area contributed by atoms with Crippen LogP contribution >= 0.6 is 0 Å². The fourth-order valence-electron chi connectivity index (χ4n) is 3.55. The molecule has 2 bridgehead atoms. The van der Waals surface area contributed by atoms with Gasteiger partial charge in [0.2, 0.25) is 0 Å². The fourth-order valence-corrected chi connectivity index (χ4v) is 3.55. The maximum atomic E-state index is 13.3. The minimum Gasteiger partial charge on any atom is -0.389 e. The lowest BCUT2D eigenvalue weighted by molar-refractivity contribution is -0.00624. The van der Waals surface area contributed by atoms with Crippen LogP contribution < -0.4 is 5.32 Å². The van der Waals surface area contributed by atoms with E-state index in [9.17, 15) is 9.50 Å². The summed E-state index contributed by atoms with van der Waals surface area (Å²) < 4.78 is 13.3. The molecule has 0 saturated carbocycles. The Hall–Kier alpha value is -0.930. The molecule has 2 heterocycles. The summed E-state index contributed by atoms with van der Waals surface area (Å²) >= 11 is 0. The first-order valence-electron chi connectivity index (χ1n) is 6.78. The molecule has 3 heteroatoms. The van der Waals surface area contributed by atoms with Crippen LogP contribution in [0.15, 0.2) is 18.2 Å². The normalized spacial score (nSPS) is 34.8. The van der Waals surface area contributed by atoms with E-state index in [1.165, 1.54) is 6.07 Å². The SMILES string of the molecule is Cc1ccc(F)cc1CC1(O)CC2CCC(C1)N2. The molecule has 2 atom stereocenters. The van der Waals surface area contributed by atoms with E-state index >= 15 is 0 Å². The smallest absolute Gasteiger partial charge is 0.123 e. The molecule has 0 aromatic heterocycles. The summed E-state index contributed by atoms with van der Waals surface area (Å²) in [7, 11) is 0. The van der Waals surface area contributed by atoms with Gasteiger partial charge in [-0.3, -0.25) is 0 Å². The van der Waals surface area contributed by atoms with Crippen molar-refractivity contribution in [3.05, 3.63) is 35.1 Å². The number of fused-ring (bicyclic) bond motifs is 2. The summed E-state index contributed by atoms with van der Waals surface area (Å²) in [6, 6.07) is 5.74. The van der Waals surface area contributed by atoms with Gasteiger partial charge in [-0.2, -0.15) is 0 Å². The Morgan fingerprint density at radius 2 is 2.00 bits per heavy atom. The predicted octanol–water partition coefficient (Wildman–Crippen LogP) is 2.32. The second-order valence-corrected chi connectivity index (χ2v) is 6.02. The highest BCUT2D eigenvalue weighted by molar-refractivity contribution is 5.28. The van der Waals surface area contributed by atoms with Gasteiger partial charge in [-0.15, -0.1) is 0 Å². The van der Waals surface area contributed by atoms with Crippen LogP contribution in [0, 0.1) is 12.7 Å². The van der Waals surface area contributed by atoms with Crippen LogP contribution in [-0.2, 0) is 6.42 Å². The largest absolute Gasteiger partial charge is 0.389 e. The molecule has 18 heavy (non-hydrogen) atoms. The molecule has 3 rings (SSSR count). The first-order valence-corrected chi connectivity index (χ1v) is 6.78. The maximum absolute atomic E-state index is 13.3. The van der Waals surface area contributed by atoms with Crippen molar-refractivity contribution in [3.63, 3.8) is 0 Å². The van der Waals surface area contributed by atoms with Crippen LogP contribution in [0.4, 0.5) is 4.39 Å². The molecule has 0 aliphatic carbocycles. The molecular weight excluding hydrogens is 229 g/mol. The zero-order valence-corrected chi connectivity index (χ0v) is 10.7. The van der Waals surface area contributed by atoms with E-state index in [1.807, 2.05) is 6.92 Å². The summed E-state index contributed by atoms with van der Waals surface area (Å²) in [4.78, 5) is 0. The molecule has 2 nitrogen and oxygen atoms in total. The topological polar surface area (TPSA) is 32.3 Å². The van der Waals surface area contributed by atoms with Gasteiger partial charge in [-0.05, 0) is 55.9 Å². The Labute approximate surface area is 107 Å². The van der Waals surface area contributed by atoms with Crippen molar-refractivity contribution in [3.8, 4) is 0 Å². The average Bonchev–Trinajstić information content (AvgIpc) is 2.64. The lowest BCUT2D eigenvalue weighted by Crippen LogP contribution is -2.49. The quantitative estimate of drug-likeness (QED) is 0.843. The second kappa shape index (κ2) is 4.32. The van der Waals surface area contributed by atoms with Gasteiger partial charge in [0.1, 0.15) is 5.82 Å². The van der Waals surface area contributed by atoms with Crippen LogP contribution in [0.3, 0.4) is 0 Å². The van der Waals surface area contributed by atoms with Crippen molar-refractivity contribution in [1.29, 1.82) is 0 Å². The molecule has 0 radical (unpaired) electrons. The standard InChI is InChI=1S/C15H20FNO/c1-10-2-3-12(16)6-11(10)7-15(18)8-13-4-5-14(9-15)17-13/h2-3,6,13-14,17-18H,4-5,7-9H2,1H3. The Morgan fingerprint density at radius 3 is 2.67 bits per heavy atom. The molecular formula is C15H20FNO. The molecule has 0 spiro atoms. The van der Waals surface area contributed by atoms with Crippen molar-refractivity contribution in [2.24, 2.45) is 0 Å². The Kier molecular flexibility index (Phi) is 2.91. The Morgan fingerprint density at radius 1 is 1.33 bits per heavy atom. The summed E-state index contributed by atoms with van der Waals surface area (Å²) in [6.45, 7) is 1.98. The third-order valence-corrected chi connectivity index (χ3v) is 4.42. The highest BCUT2D eigenvalue weighted by atomic mass is 19.1. The number of aryl methyl sites for hydroxylation is 1. The third kappa shape index (κ3) is 2.29. The van der Waals surface area contributed by atoms with Crippen LogP contribution in [0.1, 0.15) is 36.8 Å². The molecule has 2 unspecified atom stereocenters. The van der Waals surface area contributed by atoms with Gasteiger partial charge in [0.05, 0.1) is 5.60 Å². The van der Waals surface area contributed by atoms with Gasteiger partial charge in [0.15, 0.2) is 0 Å². The predicted molar refractivity (Wildman–Crippen MR) is 69.0 cm³/mol. The number of nitrogens with one attached hydrogen (secondary N) is 1. The van der Waals surface area contributed by atoms with Crippen molar-refractivity contribution in [1.82, 2.24) is 5.32 Å². The Balaban J connectivity index is 1.81. The van der Waals surface area contributed by atoms with E-state index < -0.39 is 5.60 Å². The van der Waals surface area contributed by atoms with E-state index in [4.69, 9.17) is 0 Å². The summed E-state index contributed by atoms with van der Waals surface area (Å²) in [5.74, 6) is -0.212. The summed E-state index contributed by atoms with van der Waals surface area (Å²) in [5, 5.41) is 14.3. The maximum Gasteiger partial charge on any atom is 0.123 e. The first-order chi connectivity index (χ1) is 8.54. The zero-order valence-electron chi connectivity index (χ0n) is 10.7. The van der Waals surface area contributed by atoms with Crippen molar-refractivity contribution < 1.29 is 9.50 Å². The molecule has 2 saturated heterocycles. The molecule has 2 aliphatic heterocycles. The summed E-state index contributed by atoms with van der Waals surface area (Å²) in [6.07, 6.45) is 4.48. The van der Waals surface area contributed by atoms with E-state index in [-0.39, 0.29) is 5.82 Å². The van der Waals surface area contributed by atoms with Gasteiger partial charge < -0.3 is 10.4 Å². The van der Waals surface area contributed by atoms with Gasteiger partial charge >= 0.3 is 0 Å². The second-order valence-electron chi connectivity index (χ2n) is 6.02. The molecule has 2 fully saturated rings. The molecule has 1 aromatic rings. The number of rotatable bonds is 2. The molecule has 1 aromatic carbocycles. The van der Waals surface area contributed by atoms with Crippen LogP contribution in [-0.4, -0.2) is 22.8 Å². The number of aliphatic hydroxyl groups is 1. The minimum atomic E-state index is -0.657. The van der Waals surface area contributed by atoms with E-state index in [0.717, 1.165) is 36.8 Å². The molecule has 2 N–H and O–H groups in total. The fraction of sp³-hybridized carbons (Fsp3) is 0.600. The first kappa shape index (κ1) is 12.1. The van der Waals surface area contributed by atoms with Crippen molar-refractivity contribution in [2.75, 3.05) is 0 Å². The zero-order chi connectivity index (χ0) is 12.8. The van der Waals surface area contributed by atoms with Crippen molar-refractivity contribution in [2.45, 2.75) is 56.7 Å².